The number of rotatable bonds is 5. The van der Waals surface area contributed by atoms with Gasteiger partial charge < -0.3 is 0 Å². The number of amides is 1. The van der Waals surface area contributed by atoms with Gasteiger partial charge in [0, 0.05) is 15.8 Å². The third kappa shape index (κ3) is 5.08. The van der Waals surface area contributed by atoms with Crippen LogP contribution in [0.2, 0.25) is 5.15 Å². The third-order valence-corrected chi connectivity index (χ3v) is 5.45. The van der Waals surface area contributed by atoms with E-state index in [4.69, 9.17) is 11.6 Å². The summed E-state index contributed by atoms with van der Waals surface area (Å²) in [4.78, 5) is 17.7. The van der Waals surface area contributed by atoms with E-state index in [1.165, 1.54) is 23.5 Å². The number of fused-ring (bicyclic) bond motifs is 1. The highest BCUT2D eigenvalue weighted by Crippen LogP contribution is 2.23. The number of hydrogen-bond donors (Lipinski definition) is 1. The minimum Gasteiger partial charge on any atom is -0.272 e. The summed E-state index contributed by atoms with van der Waals surface area (Å²) in [5.41, 5.74) is 6.38. The van der Waals surface area contributed by atoms with Gasteiger partial charge in [-0.2, -0.15) is 5.10 Å². The van der Waals surface area contributed by atoms with Crippen molar-refractivity contribution in [1.82, 2.24) is 10.4 Å². The highest BCUT2D eigenvalue weighted by Gasteiger charge is 2.13. The Morgan fingerprint density at radius 3 is 2.59 bits per heavy atom. The fraction of sp³-hybridized carbons (Fsp3) is 0.190. The highest BCUT2D eigenvalue weighted by atomic mass is 35.5. The summed E-state index contributed by atoms with van der Waals surface area (Å²) >= 11 is 7.72. The fourth-order valence-corrected chi connectivity index (χ4v) is 3.55. The Bertz CT molecular complexity index is 1000. The zero-order chi connectivity index (χ0) is 19.4. The molecule has 0 unspecified atom stereocenters. The number of hydrazone groups is 1. The van der Waals surface area contributed by atoms with Crippen LogP contribution in [0, 0.1) is 13.8 Å². The van der Waals surface area contributed by atoms with E-state index < -0.39 is 0 Å². The Hall–Kier alpha value is -2.37. The first kappa shape index (κ1) is 19.4. The van der Waals surface area contributed by atoms with Gasteiger partial charge in [0.2, 0.25) is 0 Å². The van der Waals surface area contributed by atoms with Crippen LogP contribution in [0.5, 0.6) is 0 Å². The van der Waals surface area contributed by atoms with Crippen molar-refractivity contribution < 1.29 is 4.79 Å². The predicted molar refractivity (Wildman–Crippen MR) is 114 cm³/mol. The van der Waals surface area contributed by atoms with Crippen LogP contribution in [0.1, 0.15) is 23.6 Å². The molecule has 0 aliphatic heterocycles. The van der Waals surface area contributed by atoms with Crippen molar-refractivity contribution in [2.75, 3.05) is 0 Å². The van der Waals surface area contributed by atoms with Crippen molar-refractivity contribution in [2.45, 2.75) is 30.9 Å². The molecule has 27 heavy (non-hydrogen) atoms. The van der Waals surface area contributed by atoms with Gasteiger partial charge in [-0.05, 0) is 50.6 Å². The van der Waals surface area contributed by atoms with Gasteiger partial charge in [-0.3, -0.25) is 4.79 Å². The molecule has 0 bridgehead atoms. The van der Waals surface area contributed by atoms with Crippen molar-refractivity contribution in [3.8, 4) is 0 Å². The van der Waals surface area contributed by atoms with Gasteiger partial charge in [-0.15, -0.1) is 11.8 Å². The van der Waals surface area contributed by atoms with E-state index in [9.17, 15) is 4.79 Å². The Balaban J connectivity index is 1.64. The van der Waals surface area contributed by atoms with Gasteiger partial charge in [-0.25, -0.2) is 10.4 Å². The van der Waals surface area contributed by atoms with E-state index in [1.54, 1.807) is 0 Å². The Morgan fingerprint density at radius 1 is 1.15 bits per heavy atom. The summed E-state index contributed by atoms with van der Waals surface area (Å²) < 4.78 is 0. The van der Waals surface area contributed by atoms with Crippen LogP contribution >= 0.6 is 23.4 Å². The lowest BCUT2D eigenvalue weighted by molar-refractivity contribution is -0.120. The number of aryl methyl sites for hydroxylation is 2. The molecule has 2 aromatic carbocycles. The van der Waals surface area contributed by atoms with Gasteiger partial charge in [0.05, 0.1) is 17.0 Å². The number of hydrogen-bond acceptors (Lipinski definition) is 4. The van der Waals surface area contributed by atoms with Crippen LogP contribution < -0.4 is 5.43 Å². The molecule has 1 amide bonds. The van der Waals surface area contributed by atoms with E-state index in [0.717, 1.165) is 21.4 Å². The molecule has 0 aliphatic rings. The number of halogens is 1. The molecular weight excluding hydrogens is 378 g/mol. The summed E-state index contributed by atoms with van der Waals surface area (Å²) in [7, 11) is 0. The van der Waals surface area contributed by atoms with Crippen LogP contribution in [0.3, 0.4) is 0 Å². The summed E-state index contributed by atoms with van der Waals surface area (Å²) in [6, 6.07) is 16.0. The van der Waals surface area contributed by atoms with Gasteiger partial charge in [0.1, 0.15) is 5.15 Å². The highest BCUT2D eigenvalue weighted by molar-refractivity contribution is 8.00. The average molecular weight is 398 g/mol. The largest absolute Gasteiger partial charge is 0.272 e. The maximum Gasteiger partial charge on any atom is 0.253 e. The first-order chi connectivity index (χ1) is 12.9. The van der Waals surface area contributed by atoms with E-state index in [1.807, 2.05) is 69.3 Å². The number of nitrogens with zero attached hydrogens (tertiary/aromatic N) is 2. The topological polar surface area (TPSA) is 54.4 Å². The summed E-state index contributed by atoms with van der Waals surface area (Å²) in [6.45, 7) is 5.89. The van der Waals surface area contributed by atoms with Crippen molar-refractivity contribution in [3.05, 3.63) is 70.4 Å². The molecule has 1 heterocycles. The second kappa shape index (κ2) is 8.55. The lowest BCUT2D eigenvalue weighted by Gasteiger charge is -2.09. The minimum atomic E-state index is -0.266. The molecule has 0 spiro atoms. The van der Waals surface area contributed by atoms with Crippen LogP contribution in [0.25, 0.3) is 10.9 Å². The van der Waals surface area contributed by atoms with E-state index >= 15 is 0 Å². The third-order valence-electron chi connectivity index (χ3n) is 4.04. The molecule has 3 aromatic rings. The molecule has 0 aliphatic carbocycles. The van der Waals surface area contributed by atoms with Gasteiger partial charge in [-0.1, -0.05) is 41.4 Å². The number of nitrogens with one attached hydrogen (secondary N) is 1. The molecule has 138 valence electrons. The quantitative estimate of drug-likeness (QED) is 0.281. The first-order valence-electron chi connectivity index (χ1n) is 8.55. The standard InChI is InChI=1S/C21H20ClN3OS/c1-13-5-8-18(9-6-13)27-15(3)21(26)25-23-12-17-11-16-7-4-14(2)10-19(16)24-20(17)22/h4-12,15H,1-3H3,(H,25,26)/b23-12-/t15-/m0/s1. The Labute approximate surface area is 168 Å². The molecule has 6 heteroatoms. The van der Waals surface area contributed by atoms with Gasteiger partial charge in [0.25, 0.3) is 5.91 Å². The van der Waals surface area contributed by atoms with E-state index in [0.29, 0.717) is 10.7 Å². The monoisotopic (exact) mass is 397 g/mol. The molecule has 0 fully saturated rings. The average Bonchev–Trinajstić information content (AvgIpc) is 2.64. The molecule has 1 N–H and O–H groups in total. The van der Waals surface area contributed by atoms with Crippen LogP contribution in [-0.4, -0.2) is 22.4 Å². The Kier molecular flexibility index (Phi) is 6.14. The zero-order valence-electron chi connectivity index (χ0n) is 15.4. The van der Waals surface area contributed by atoms with Gasteiger partial charge >= 0.3 is 0 Å². The summed E-state index contributed by atoms with van der Waals surface area (Å²) in [5, 5.41) is 5.10. The summed E-state index contributed by atoms with van der Waals surface area (Å²) in [6.07, 6.45) is 1.52. The van der Waals surface area contributed by atoms with Crippen molar-refractivity contribution in [3.63, 3.8) is 0 Å². The Morgan fingerprint density at radius 2 is 1.85 bits per heavy atom. The number of carbonyl (C=O) groups excluding carboxylic acids is 1. The number of thioether (sulfide) groups is 1. The minimum absolute atomic E-state index is 0.169. The normalized spacial score (nSPS) is 12.4. The molecule has 0 radical (unpaired) electrons. The van der Waals surface area contributed by atoms with Gasteiger partial charge in [0.15, 0.2) is 0 Å². The number of carbonyl (C=O) groups is 1. The van der Waals surface area contributed by atoms with Crippen LogP contribution in [0.4, 0.5) is 0 Å². The molecule has 1 aromatic heterocycles. The second-order valence-corrected chi connectivity index (χ2v) is 8.14. The molecule has 4 nitrogen and oxygen atoms in total. The second-order valence-electron chi connectivity index (χ2n) is 6.37. The zero-order valence-corrected chi connectivity index (χ0v) is 16.9. The smallest absolute Gasteiger partial charge is 0.253 e. The maximum absolute atomic E-state index is 12.2. The van der Waals surface area contributed by atoms with Crippen LogP contribution in [0.15, 0.2) is 58.5 Å². The lowest BCUT2D eigenvalue weighted by atomic mass is 10.1. The first-order valence-corrected chi connectivity index (χ1v) is 9.81. The molecule has 0 saturated heterocycles. The molecule has 3 rings (SSSR count). The molecule has 1 atom stereocenters. The van der Waals surface area contributed by atoms with Crippen molar-refractivity contribution >= 4 is 46.4 Å². The maximum atomic E-state index is 12.2. The van der Waals surface area contributed by atoms with Crippen molar-refractivity contribution in [2.24, 2.45) is 5.10 Å². The summed E-state index contributed by atoms with van der Waals surface area (Å²) in [5.74, 6) is -0.169. The predicted octanol–water partition coefficient (Wildman–Crippen LogP) is 5.14. The van der Waals surface area contributed by atoms with Crippen molar-refractivity contribution in [1.29, 1.82) is 0 Å². The SMILES string of the molecule is Cc1ccc(S[C@@H](C)C(=O)N/N=C\c2cc3ccc(C)cc3nc2Cl)cc1. The number of benzene rings is 2. The lowest BCUT2D eigenvalue weighted by Crippen LogP contribution is -2.26. The molecular formula is C21H20ClN3OS. The van der Waals surface area contributed by atoms with E-state index in [-0.39, 0.29) is 11.2 Å². The fourth-order valence-electron chi connectivity index (χ4n) is 2.49. The molecule has 0 saturated carbocycles. The van der Waals surface area contributed by atoms with Crippen LogP contribution in [-0.2, 0) is 4.79 Å². The van der Waals surface area contributed by atoms with E-state index in [2.05, 4.69) is 15.5 Å². The number of aromatic nitrogens is 1. The number of pyridine rings is 1.